The number of methoxy groups -OCH3 is 1. The van der Waals surface area contributed by atoms with Crippen LogP contribution in [0, 0.1) is 0 Å². The van der Waals surface area contributed by atoms with Crippen molar-refractivity contribution in [2.24, 2.45) is 0 Å². The summed E-state index contributed by atoms with van der Waals surface area (Å²) in [6, 6.07) is 15.3. The minimum Gasteiger partial charge on any atom is -0.479 e. The van der Waals surface area contributed by atoms with Crippen LogP contribution in [0.3, 0.4) is 0 Å². The van der Waals surface area contributed by atoms with E-state index in [9.17, 15) is 23.2 Å². The summed E-state index contributed by atoms with van der Waals surface area (Å²) in [5, 5.41) is 10.7. The van der Waals surface area contributed by atoms with Gasteiger partial charge in [0.1, 0.15) is 6.61 Å². The van der Waals surface area contributed by atoms with Crippen LogP contribution in [0.2, 0.25) is 0 Å². The SMILES string of the molecule is COCC(ONC(=O)C(F)(F)CNC(=O)OCC1c2ccccc2-c2ccccc21)C(=O)O. The highest BCUT2D eigenvalue weighted by atomic mass is 19.3. The van der Waals surface area contributed by atoms with Crippen molar-refractivity contribution in [3.05, 3.63) is 59.7 Å². The molecular formula is C22H22F2N2O7. The van der Waals surface area contributed by atoms with Crippen molar-refractivity contribution in [1.29, 1.82) is 0 Å². The first kappa shape index (κ1) is 24.1. The summed E-state index contributed by atoms with van der Waals surface area (Å²) in [6.07, 6.45) is -2.81. The Hall–Kier alpha value is -3.57. The Morgan fingerprint density at radius 2 is 1.64 bits per heavy atom. The minimum atomic E-state index is -4.08. The van der Waals surface area contributed by atoms with E-state index in [2.05, 4.69) is 9.57 Å². The molecule has 3 N–H and O–H groups in total. The third-order valence-corrected chi connectivity index (χ3v) is 5.02. The molecule has 0 bridgehead atoms. The molecule has 2 amide bonds. The van der Waals surface area contributed by atoms with Crippen molar-refractivity contribution in [2.45, 2.75) is 17.9 Å². The topological polar surface area (TPSA) is 123 Å². The van der Waals surface area contributed by atoms with E-state index in [1.807, 2.05) is 53.8 Å². The van der Waals surface area contributed by atoms with Crippen LogP contribution in [-0.2, 0) is 23.9 Å². The summed E-state index contributed by atoms with van der Waals surface area (Å²) in [5.74, 6) is -7.78. The lowest BCUT2D eigenvalue weighted by atomic mass is 9.98. The molecule has 1 aliphatic rings. The standard InChI is InChI=1S/C22H22F2N2O7/c1-31-11-18(19(27)28)33-26-20(29)22(23,24)12-25-21(30)32-10-17-15-8-4-2-6-13(15)14-7-3-5-9-16(14)17/h2-9,17-18H,10-12H2,1H3,(H,25,30)(H,26,29)(H,27,28). The maximum atomic E-state index is 14.0. The van der Waals surface area contributed by atoms with Gasteiger partial charge in [0, 0.05) is 13.0 Å². The molecule has 0 spiro atoms. The number of carbonyl (C=O) groups excluding carboxylic acids is 2. The first-order valence-corrected chi connectivity index (χ1v) is 9.89. The summed E-state index contributed by atoms with van der Waals surface area (Å²) in [5.41, 5.74) is 5.31. The number of alkyl carbamates (subject to hydrolysis) is 1. The van der Waals surface area contributed by atoms with Crippen LogP contribution < -0.4 is 10.8 Å². The number of aliphatic carboxylic acids is 1. The van der Waals surface area contributed by atoms with E-state index in [0.29, 0.717) is 0 Å². The molecule has 176 valence electrons. The van der Waals surface area contributed by atoms with Gasteiger partial charge in [-0.15, -0.1) is 0 Å². The fraction of sp³-hybridized carbons (Fsp3) is 0.318. The smallest absolute Gasteiger partial charge is 0.407 e. The van der Waals surface area contributed by atoms with Crippen LogP contribution >= 0.6 is 0 Å². The number of rotatable bonds is 10. The van der Waals surface area contributed by atoms with Gasteiger partial charge in [0.05, 0.1) is 13.2 Å². The number of alkyl halides is 2. The Morgan fingerprint density at radius 3 is 2.18 bits per heavy atom. The number of benzene rings is 2. The minimum absolute atomic E-state index is 0.0853. The monoisotopic (exact) mass is 464 g/mol. The molecule has 0 saturated heterocycles. The van der Waals surface area contributed by atoms with Crippen LogP contribution in [0.4, 0.5) is 13.6 Å². The van der Waals surface area contributed by atoms with E-state index in [0.717, 1.165) is 22.3 Å². The van der Waals surface area contributed by atoms with E-state index < -0.39 is 43.1 Å². The van der Waals surface area contributed by atoms with Crippen molar-refractivity contribution in [3.8, 4) is 11.1 Å². The average molecular weight is 464 g/mol. The first-order chi connectivity index (χ1) is 15.7. The molecule has 9 nitrogen and oxygen atoms in total. The number of ether oxygens (including phenoxy) is 2. The van der Waals surface area contributed by atoms with Crippen LogP contribution in [0.5, 0.6) is 0 Å². The number of carboxylic acid groups (broad SMARTS) is 1. The molecule has 1 atom stereocenters. The normalized spacial score (nSPS) is 13.5. The molecule has 0 aromatic heterocycles. The molecule has 0 heterocycles. The van der Waals surface area contributed by atoms with Gasteiger partial charge in [0.15, 0.2) is 0 Å². The molecule has 33 heavy (non-hydrogen) atoms. The zero-order valence-electron chi connectivity index (χ0n) is 17.5. The van der Waals surface area contributed by atoms with Gasteiger partial charge in [0.25, 0.3) is 0 Å². The van der Waals surface area contributed by atoms with E-state index in [1.54, 1.807) is 0 Å². The van der Waals surface area contributed by atoms with Gasteiger partial charge in [-0.2, -0.15) is 8.78 Å². The maximum Gasteiger partial charge on any atom is 0.407 e. The number of hydrogen-bond acceptors (Lipinski definition) is 6. The van der Waals surface area contributed by atoms with Crippen molar-refractivity contribution in [3.63, 3.8) is 0 Å². The highest BCUT2D eigenvalue weighted by molar-refractivity contribution is 5.84. The predicted molar refractivity (Wildman–Crippen MR) is 111 cm³/mol. The highest BCUT2D eigenvalue weighted by Gasteiger charge is 2.40. The van der Waals surface area contributed by atoms with Gasteiger partial charge < -0.3 is 19.9 Å². The first-order valence-electron chi connectivity index (χ1n) is 9.89. The largest absolute Gasteiger partial charge is 0.479 e. The molecule has 0 fully saturated rings. The lowest BCUT2D eigenvalue weighted by molar-refractivity contribution is -0.175. The summed E-state index contributed by atoms with van der Waals surface area (Å²) < 4.78 is 37.7. The van der Waals surface area contributed by atoms with Gasteiger partial charge in [-0.1, -0.05) is 48.5 Å². The lowest BCUT2D eigenvalue weighted by Gasteiger charge is -2.19. The van der Waals surface area contributed by atoms with E-state index in [-0.39, 0.29) is 12.5 Å². The third-order valence-electron chi connectivity index (χ3n) is 5.02. The fourth-order valence-electron chi connectivity index (χ4n) is 3.42. The molecular weight excluding hydrogens is 442 g/mol. The molecule has 2 aromatic rings. The Labute approximate surface area is 187 Å². The second-order valence-corrected chi connectivity index (χ2v) is 7.21. The van der Waals surface area contributed by atoms with Crippen LogP contribution in [-0.4, -0.2) is 62.0 Å². The van der Waals surface area contributed by atoms with Crippen LogP contribution in [0.15, 0.2) is 48.5 Å². The van der Waals surface area contributed by atoms with Crippen molar-refractivity contribution in [1.82, 2.24) is 10.8 Å². The Balaban J connectivity index is 1.52. The lowest BCUT2D eigenvalue weighted by Crippen LogP contribution is -2.50. The molecule has 3 rings (SSSR count). The highest BCUT2D eigenvalue weighted by Crippen LogP contribution is 2.44. The van der Waals surface area contributed by atoms with Gasteiger partial charge in [-0.25, -0.2) is 15.1 Å². The summed E-state index contributed by atoms with van der Waals surface area (Å²) >= 11 is 0. The van der Waals surface area contributed by atoms with E-state index >= 15 is 0 Å². The van der Waals surface area contributed by atoms with Crippen molar-refractivity contribution >= 4 is 18.0 Å². The number of amides is 2. The van der Waals surface area contributed by atoms with E-state index in [4.69, 9.17) is 9.84 Å². The Kier molecular flexibility index (Phi) is 7.56. The fourth-order valence-corrected chi connectivity index (χ4v) is 3.42. The van der Waals surface area contributed by atoms with E-state index in [1.165, 1.54) is 12.6 Å². The predicted octanol–water partition coefficient (Wildman–Crippen LogP) is 2.31. The maximum absolute atomic E-state index is 14.0. The average Bonchev–Trinajstić information content (AvgIpc) is 3.12. The molecule has 0 radical (unpaired) electrons. The van der Waals surface area contributed by atoms with Gasteiger partial charge in [0.2, 0.25) is 6.10 Å². The number of hydrogen-bond donors (Lipinski definition) is 3. The second kappa shape index (κ2) is 10.4. The number of carbonyl (C=O) groups is 3. The third kappa shape index (κ3) is 5.62. The van der Waals surface area contributed by atoms with Crippen molar-refractivity contribution < 1.29 is 42.6 Å². The molecule has 11 heteroatoms. The Bertz CT molecular complexity index is 986. The van der Waals surface area contributed by atoms with Crippen LogP contribution in [0.1, 0.15) is 17.0 Å². The number of nitrogens with one attached hydrogen (secondary N) is 2. The second-order valence-electron chi connectivity index (χ2n) is 7.21. The molecule has 0 aliphatic heterocycles. The molecule has 0 saturated carbocycles. The number of fused-ring (bicyclic) bond motifs is 3. The number of hydroxylamine groups is 1. The molecule has 1 aliphatic carbocycles. The summed E-state index contributed by atoms with van der Waals surface area (Å²) in [6.45, 7) is -1.93. The number of halogens is 2. The van der Waals surface area contributed by atoms with Gasteiger partial charge >= 0.3 is 23.9 Å². The summed E-state index contributed by atoms with van der Waals surface area (Å²) in [7, 11) is 1.17. The number of carboxylic acids is 1. The summed E-state index contributed by atoms with van der Waals surface area (Å²) in [4.78, 5) is 39.0. The zero-order valence-corrected chi connectivity index (χ0v) is 17.5. The van der Waals surface area contributed by atoms with Crippen LogP contribution in [0.25, 0.3) is 11.1 Å². The van der Waals surface area contributed by atoms with Crippen molar-refractivity contribution in [2.75, 3.05) is 26.9 Å². The zero-order chi connectivity index (χ0) is 24.0. The molecule has 2 aromatic carbocycles. The quantitative estimate of drug-likeness (QED) is 0.461. The molecule has 1 unspecified atom stereocenters. The Morgan fingerprint density at radius 1 is 1.06 bits per heavy atom. The van der Waals surface area contributed by atoms with Gasteiger partial charge in [-0.05, 0) is 22.3 Å². The van der Waals surface area contributed by atoms with Gasteiger partial charge in [-0.3, -0.25) is 9.63 Å².